The average molecular weight is 239 g/mol. The lowest BCUT2D eigenvalue weighted by molar-refractivity contribution is -0.677. The summed E-state index contributed by atoms with van der Waals surface area (Å²) in [6.07, 6.45) is 5.14. The van der Waals surface area contributed by atoms with E-state index < -0.39 is 7.38 Å². The summed E-state index contributed by atoms with van der Waals surface area (Å²) in [6.45, 7) is 6.43. The molecule has 0 atom stereocenters. The molecule has 0 spiro atoms. The van der Waals surface area contributed by atoms with Gasteiger partial charge in [0.25, 0.3) is 5.82 Å². The molecule has 1 aromatic heterocycles. The predicted molar refractivity (Wildman–Crippen MR) is 53.7 cm³/mol. The summed E-state index contributed by atoms with van der Waals surface area (Å²) in [5.41, 5.74) is 0. The van der Waals surface area contributed by atoms with Crippen molar-refractivity contribution in [1.82, 2.24) is 4.57 Å². The van der Waals surface area contributed by atoms with Crippen molar-refractivity contribution in [2.75, 3.05) is 0 Å². The largest absolute Gasteiger partial charge is 1.00 e. The van der Waals surface area contributed by atoms with Crippen LogP contribution in [0.5, 0.6) is 0 Å². The molecular weight excluding hydrogens is 223 g/mol. The highest BCUT2D eigenvalue weighted by Crippen LogP contribution is 2.11. The summed E-state index contributed by atoms with van der Waals surface area (Å²) in [5.74, 6) is 1.26. The zero-order chi connectivity index (χ0) is 9.35. The van der Waals surface area contributed by atoms with Crippen LogP contribution < -0.4 is 17.0 Å². The van der Waals surface area contributed by atoms with E-state index in [1.807, 2.05) is 0 Å². The highest BCUT2D eigenvalue weighted by Gasteiger charge is 2.23. The summed E-state index contributed by atoms with van der Waals surface area (Å²) in [5, 5.41) is 0. The molecule has 0 aliphatic heterocycles. The van der Waals surface area contributed by atoms with Crippen LogP contribution in [0.25, 0.3) is 0 Å². The predicted octanol–water partition coefficient (Wildman–Crippen LogP) is -1.39. The number of hydrogen-bond donors (Lipinski definition) is 0. The van der Waals surface area contributed by atoms with E-state index in [4.69, 9.17) is 11.1 Å². The zero-order valence-electron chi connectivity index (χ0n) is 8.51. The Labute approximate surface area is 91.6 Å². The van der Waals surface area contributed by atoms with E-state index >= 15 is 0 Å². The lowest BCUT2D eigenvalue weighted by Crippen LogP contribution is -3.00. The smallest absolute Gasteiger partial charge is 0.252 e. The first kappa shape index (κ1) is 13.0. The Bertz CT molecular complexity index is 278. The number of hydrogen-bond acceptors (Lipinski definition) is 0. The Balaban J connectivity index is 0.00000144. The van der Waals surface area contributed by atoms with Gasteiger partial charge < -0.3 is 12.4 Å². The Morgan fingerprint density at radius 3 is 2.38 bits per heavy atom. The SMILES string of the molecule is Cc1n(C[Si](C)(C)Cl)cc[n+]1C.[Cl-]. The molecule has 0 fully saturated rings. The molecule has 0 aromatic carbocycles. The van der Waals surface area contributed by atoms with Gasteiger partial charge in [0, 0.05) is 6.92 Å². The summed E-state index contributed by atoms with van der Waals surface area (Å²) < 4.78 is 4.33. The number of imidazole rings is 1. The van der Waals surface area contributed by atoms with Crippen LogP contribution in [0.2, 0.25) is 13.1 Å². The second-order valence-electron chi connectivity index (χ2n) is 3.80. The van der Waals surface area contributed by atoms with Crippen LogP contribution in [0.3, 0.4) is 0 Å². The van der Waals surface area contributed by atoms with E-state index in [9.17, 15) is 0 Å². The molecule has 0 amide bonds. The summed E-state index contributed by atoms with van der Waals surface area (Å²) >= 11 is 6.26. The molecule has 0 unspecified atom stereocenters. The van der Waals surface area contributed by atoms with Crippen molar-refractivity contribution >= 4 is 18.5 Å². The topological polar surface area (TPSA) is 8.81 Å². The van der Waals surface area contributed by atoms with E-state index in [2.05, 4.69) is 48.6 Å². The number of rotatable bonds is 2. The number of aryl methyl sites for hydroxylation is 1. The summed E-state index contributed by atoms with van der Waals surface area (Å²) in [7, 11) is 0.556. The van der Waals surface area contributed by atoms with E-state index in [1.54, 1.807) is 0 Å². The molecule has 76 valence electrons. The highest BCUT2D eigenvalue weighted by molar-refractivity contribution is 7.18. The van der Waals surface area contributed by atoms with E-state index in [1.165, 1.54) is 5.82 Å². The Morgan fingerprint density at radius 2 is 2.08 bits per heavy atom. The van der Waals surface area contributed by atoms with E-state index in [0.29, 0.717) is 0 Å². The molecule has 0 N–H and O–H groups in total. The second kappa shape index (κ2) is 4.49. The van der Waals surface area contributed by atoms with Gasteiger partial charge in [-0.1, -0.05) is 13.1 Å². The van der Waals surface area contributed by atoms with Crippen LogP contribution >= 0.6 is 11.1 Å². The van der Waals surface area contributed by atoms with Gasteiger partial charge in [0.15, 0.2) is 7.38 Å². The lowest BCUT2D eigenvalue weighted by atomic mass is 10.7. The minimum absolute atomic E-state index is 0. The maximum Gasteiger partial charge on any atom is 0.252 e. The van der Waals surface area contributed by atoms with E-state index in [0.717, 1.165) is 6.17 Å². The fraction of sp³-hybridized carbons (Fsp3) is 0.625. The number of aromatic nitrogens is 2. The van der Waals surface area contributed by atoms with Gasteiger partial charge in [-0.05, 0) is 0 Å². The van der Waals surface area contributed by atoms with Gasteiger partial charge in [0.1, 0.15) is 12.4 Å². The molecule has 5 heteroatoms. The first-order chi connectivity index (χ1) is 5.40. The highest BCUT2D eigenvalue weighted by atomic mass is 35.6. The summed E-state index contributed by atoms with van der Waals surface area (Å²) in [6, 6.07) is 0. The van der Waals surface area contributed by atoms with Crippen molar-refractivity contribution < 1.29 is 17.0 Å². The quantitative estimate of drug-likeness (QED) is 0.341. The van der Waals surface area contributed by atoms with Crippen molar-refractivity contribution in [2.45, 2.75) is 26.2 Å². The molecule has 1 heterocycles. The third kappa shape index (κ3) is 3.71. The van der Waals surface area contributed by atoms with Crippen LogP contribution in [0.1, 0.15) is 5.82 Å². The maximum atomic E-state index is 6.26. The van der Waals surface area contributed by atoms with Gasteiger partial charge in [-0.2, -0.15) is 11.1 Å². The van der Waals surface area contributed by atoms with E-state index in [-0.39, 0.29) is 12.4 Å². The molecule has 13 heavy (non-hydrogen) atoms. The minimum atomic E-state index is -1.49. The van der Waals surface area contributed by atoms with Crippen LogP contribution in [0.15, 0.2) is 12.4 Å². The fourth-order valence-corrected chi connectivity index (χ4v) is 2.70. The fourth-order valence-electron chi connectivity index (χ4n) is 1.17. The molecular formula is C8H16Cl2N2Si. The monoisotopic (exact) mass is 238 g/mol. The van der Waals surface area contributed by atoms with Crippen LogP contribution in [0.4, 0.5) is 0 Å². The van der Waals surface area contributed by atoms with Crippen molar-refractivity contribution in [2.24, 2.45) is 7.05 Å². The van der Waals surface area contributed by atoms with Gasteiger partial charge in [0.05, 0.1) is 13.2 Å². The molecule has 0 aliphatic rings. The number of nitrogens with zero attached hydrogens (tertiary/aromatic N) is 2. The van der Waals surface area contributed by atoms with Crippen molar-refractivity contribution in [1.29, 1.82) is 0 Å². The molecule has 0 saturated carbocycles. The Hall–Kier alpha value is 0.00688. The second-order valence-corrected chi connectivity index (χ2v) is 10.6. The first-order valence-electron chi connectivity index (χ1n) is 4.10. The van der Waals surface area contributed by atoms with Crippen molar-refractivity contribution in [3.05, 3.63) is 18.2 Å². The maximum absolute atomic E-state index is 6.26. The van der Waals surface area contributed by atoms with Gasteiger partial charge >= 0.3 is 0 Å². The van der Waals surface area contributed by atoms with Crippen LogP contribution in [-0.4, -0.2) is 12.0 Å². The van der Waals surface area contributed by atoms with Crippen LogP contribution in [-0.2, 0) is 13.2 Å². The number of halogens is 2. The Morgan fingerprint density at radius 1 is 1.54 bits per heavy atom. The molecule has 0 radical (unpaired) electrons. The molecule has 1 rings (SSSR count). The third-order valence-corrected chi connectivity index (χ3v) is 3.39. The zero-order valence-corrected chi connectivity index (χ0v) is 11.0. The molecule has 2 nitrogen and oxygen atoms in total. The lowest BCUT2D eigenvalue weighted by Gasteiger charge is -2.09. The van der Waals surface area contributed by atoms with Crippen molar-refractivity contribution in [3.8, 4) is 0 Å². The normalized spacial score (nSPS) is 11.2. The molecule has 1 aromatic rings. The first-order valence-corrected chi connectivity index (χ1v) is 8.32. The molecule has 0 saturated heterocycles. The van der Waals surface area contributed by atoms with Gasteiger partial charge in [-0.15, -0.1) is 0 Å². The third-order valence-electron chi connectivity index (χ3n) is 1.94. The average Bonchev–Trinajstić information content (AvgIpc) is 2.16. The minimum Gasteiger partial charge on any atom is -1.00 e. The Kier molecular flexibility index (Phi) is 4.49. The standard InChI is InChI=1S/C8H16ClN2Si.ClH/c1-8-10(2)5-6-11(8)7-12(3,4)9;/h5-6H,7H2,1-4H3;1H/q+1;/p-1. The molecule has 0 bridgehead atoms. The summed E-state index contributed by atoms with van der Waals surface area (Å²) in [4.78, 5) is 0. The van der Waals surface area contributed by atoms with Gasteiger partial charge in [0.2, 0.25) is 0 Å². The van der Waals surface area contributed by atoms with Gasteiger partial charge in [-0.3, -0.25) is 0 Å². The van der Waals surface area contributed by atoms with Gasteiger partial charge in [-0.25, -0.2) is 9.13 Å². The molecule has 0 aliphatic carbocycles. The van der Waals surface area contributed by atoms with Crippen LogP contribution in [0, 0.1) is 6.92 Å². The van der Waals surface area contributed by atoms with Crippen molar-refractivity contribution in [3.63, 3.8) is 0 Å².